The first-order chi connectivity index (χ1) is 17.7. The van der Waals surface area contributed by atoms with Crippen LogP contribution in [0.1, 0.15) is 15.9 Å². The zero-order valence-electron chi connectivity index (χ0n) is 20.2. The minimum atomic E-state index is -3.65. The molecule has 3 aromatic rings. The summed E-state index contributed by atoms with van der Waals surface area (Å²) in [5, 5.41) is 9.45. The maximum atomic E-state index is 13.7. The summed E-state index contributed by atoms with van der Waals surface area (Å²) < 4.78 is 38.1. The Morgan fingerprint density at radius 2 is 1.62 bits per heavy atom. The van der Waals surface area contributed by atoms with E-state index in [9.17, 15) is 27.7 Å². The average Bonchev–Trinajstić information content (AvgIpc) is 2.91. The van der Waals surface area contributed by atoms with Gasteiger partial charge in [-0.1, -0.05) is 30.3 Å². The lowest BCUT2D eigenvalue weighted by Gasteiger charge is -2.37. The molecule has 3 aromatic carbocycles. The first kappa shape index (κ1) is 25.9. The molecule has 10 heteroatoms. The van der Waals surface area contributed by atoms with Gasteiger partial charge in [-0.25, -0.2) is 12.8 Å². The molecule has 190 valence electrons. The monoisotopic (exact) mass is 520 g/mol. The van der Waals surface area contributed by atoms with E-state index < -0.39 is 21.6 Å². The number of halogens is 1. The zero-order chi connectivity index (χ0) is 26.6. The SMILES string of the molecule is CS(=O)(=O)c1cc(F)ccc1N1CCN(C(=O)CN(C(=O)c2ccccc2C#N)c2ccccc2)CC1. The molecule has 1 aliphatic heterocycles. The van der Waals surface area contributed by atoms with Crippen LogP contribution in [0.2, 0.25) is 0 Å². The van der Waals surface area contributed by atoms with Crippen molar-refractivity contribution in [2.45, 2.75) is 4.90 Å². The Labute approximate surface area is 215 Å². The Morgan fingerprint density at radius 3 is 2.27 bits per heavy atom. The van der Waals surface area contributed by atoms with Crippen LogP contribution in [-0.4, -0.2) is 64.1 Å². The van der Waals surface area contributed by atoms with Gasteiger partial charge in [0.15, 0.2) is 9.84 Å². The van der Waals surface area contributed by atoms with Crippen molar-refractivity contribution >= 4 is 33.0 Å². The van der Waals surface area contributed by atoms with Gasteiger partial charge in [0.05, 0.1) is 27.8 Å². The maximum absolute atomic E-state index is 13.7. The molecule has 4 rings (SSSR count). The molecule has 0 atom stereocenters. The zero-order valence-corrected chi connectivity index (χ0v) is 21.0. The molecule has 0 aromatic heterocycles. The van der Waals surface area contributed by atoms with Gasteiger partial charge in [-0.2, -0.15) is 5.26 Å². The Kier molecular flexibility index (Phi) is 7.55. The number of rotatable bonds is 6. The summed E-state index contributed by atoms with van der Waals surface area (Å²) in [5.41, 5.74) is 1.34. The van der Waals surface area contributed by atoms with Gasteiger partial charge in [0.25, 0.3) is 5.91 Å². The van der Waals surface area contributed by atoms with Crippen LogP contribution in [0.15, 0.2) is 77.7 Å². The molecule has 37 heavy (non-hydrogen) atoms. The van der Waals surface area contributed by atoms with Crippen LogP contribution in [0.5, 0.6) is 0 Å². The minimum absolute atomic E-state index is 0.0933. The number of carbonyl (C=O) groups is 2. The summed E-state index contributed by atoms with van der Waals surface area (Å²) >= 11 is 0. The fourth-order valence-corrected chi connectivity index (χ4v) is 5.18. The number of nitriles is 1. The molecular formula is C27H25FN4O4S. The van der Waals surface area contributed by atoms with Crippen molar-refractivity contribution in [3.63, 3.8) is 0 Å². The third-order valence-electron chi connectivity index (χ3n) is 6.18. The summed E-state index contributed by atoms with van der Waals surface area (Å²) in [5.74, 6) is -1.38. The molecule has 1 fully saturated rings. The molecule has 1 saturated heterocycles. The second-order valence-electron chi connectivity index (χ2n) is 8.64. The van der Waals surface area contributed by atoms with E-state index in [4.69, 9.17) is 0 Å². The van der Waals surface area contributed by atoms with Gasteiger partial charge >= 0.3 is 0 Å². The molecule has 1 aliphatic rings. The molecule has 0 radical (unpaired) electrons. The van der Waals surface area contributed by atoms with Gasteiger partial charge < -0.3 is 9.80 Å². The Morgan fingerprint density at radius 1 is 0.973 bits per heavy atom. The van der Waals surface area contributed by atoms with Crippen molar-refractivity contribution in [3.8, 4) is 6.07 Å². The first-order valence-corrected chi connectivity index (χ1v) is 13.5. The minimum Gasteiger partial charge on any atom is -0.367 e. The van der Waals surface area contributed by atoms with Crippen LogP contribution >= 0.6 is 0 Å². The number of nitrogens with zero attached hydrogens (tertiary/aromatic N) is 4. The molecule has 0 unspecified atom stereocenters. The van der Waals surface area contributed by atoms with Crippen LogP contribution in [-0.2, 0) is 14.6 Å². The molecule has 0 N–H and O–H groups in total. The van der Waals surface area contributed by atoms with E-state index in [-0.39, 0.29) is 28.5 Å². The van der Waals surface area contributed by atoms with Crippen LogP contribution in [0.25, 0.3) is 0 Å². The van der Waals surface area contributed by atoms with Crippen molar-refractivity contribution in [1.82, 2.24) is 4.90 Å². The van der Waals surface area contributed by atoms with Crippen molar-refractivity contribution in [2.75, 3.05) is 48.8 Å². The predicted octanol–water partition coefficient (Wildman–Crippen LogP) is 3.10. The second kappa shape index (κ2) is 10.8. The van der Waals surface area contributed by atoms with Crippen LogP contribution in [0, 0.1) is 17.1 Å². The Hall–Kier alpha value is -4.23. The number of anilines is 2. The van der Waals surface area contributed by atoms with Crippen molar-refractivity contribution in [1.29, 1.82) is 5.26 Å². The highest BCUT2D eigenvalue weighted by atomic mass is 32.2. The fourth-order valence-electron chi connectivity index (χ4n) is 4.28. The quantitative estimate of drug-likeness (QED) is 0.495. The van der Waals surface area contributed by atoms with Crippen LogP contribution in [0.4, 0.5) is 15.8 Å². The van der Waals surface area contributed by atoms with Crippen LogP contribution < -0.4 is 9.80 Å². The second-order valence-corrected chi connectivity index (χ2v) is 10.6. The summed E-state index contributed by atoms with van der Waals surface area (Å²) in [6, 6.07) is 20.9. The standard InChI is InChI=1S/C27H25FN4O4S/c1-37(35,36)25-17-21(28)11-12-24(25)30-13-15-31(16-14-30)26(33)19-32(22-8-3-2-4-9-22)27(34)23-10-6-5-7-20(23)18-29/h2-12,17H,13-16,19H2,1H3. The maximum Gasteiger partial charge on any atom is 0.260 e. The fraction of sp³-hybridized carbons (Fsp3) is 0.222. The summed E-state index contributed by atoms with van der Waals surface area (Å²) in [6.07, 6.45) is 1.03. The van der Waals surface area contributed by atoms with E-state index in [1.165, 1.54) is 17.0 Å². The number of para-hydroxylation sites is 1. The average molecular weight is 521 g/mol. The summed E-state index contributed by atoms with van der Waals surface area (Å²) in [6.45, 7) is 1.05. The lowest BCUT2D eigenvalue weighted by molar-refractivity contribution is -0.129. The Balaban J connectivity index is 1.52. The van der Waals surface area contributed by atoms with Crippen molar-refractivity contribution < 1.29 is 22.4 Å². The van der Waals surface area contributed by atoms with E-state index in [0.29, 0.717) is 37.6 Å². The third kappa shape index (κ3) is 5.78. The van der Waals surface area contributed by atoms with Crippen LogP contribution in [0.3, 0.4) is 0 Å². The van der Waals surface area contributed by atoms with Gasteiger partial charge in [-0.05, 0) is 42.5 Å². The molecule has 0 bridgehead atoms. The molecule has 2 amide bonds. The van der Waals surface area contributed by atoms with Gasteiger partial charge in [0.1, 0.15) is 12.4 Å². The van der Waals surface area contributed by atoms with E-state index in [1.54, 1.807) is 59.5 Å². The molecule has 0 saturated carbocycles. The Bertz CT molecular complexity index is 1460. The first-order valence-electron chi connectivity index (χ1n) is 11.6. The smallest absolute Gasteiger partial charge is 0.260 e. The van der Waals surface area contributed by atoms with Gasteiger partial charge in [0.2, 0.25) is 5.91 Å². The number of sulfone groups is 1. The van der Waals surface area contributed by atoms with E-state index >= 15 is 0 Å². The number of amides is 2. The molecule has 8 nitrogen and oxygen atoms in total. The summed E-state index contributed by atoms with van der Waals surface area (Å²) in [4.78, 5) is 31.4. The summed E-state index contributed by atoms with van der Waals surface area (Å²) in [7, 11) is -3.65. The highest BCUT2D eigenvalue weighted by molar-refractivity contribution is 7.90. The number of carbonyl (C=O) groups excluding carboxylic acids is 2. The van der Waals surface area contributed by atoms with Gasteiger partial charge in [-0.3, -0.25) is 14.5 Å². The number of hydrogen-bond acceptors (Lipinski definition) is 6. The highest BCUT2D eigenvalue weighted by Crippen LogP contribution is 2.27. The van der Waals surface area contributed by atoms with E-state index in [1.807, 2.05) is 11.0 Å². The van der Waals surface area contributed by atoms with Gasteiger partial charge in [-0.15, -0.1) is 0 Å². The van der Waals surface area contributed by atoms with Crippen molar-refractivity contribution in [2.24, 2.45) is 0 Å². The van der Waals surface area contributed by atoms with E-state index in [2.05, 4.69) is 0 Å². The number of piperazine rings is 1. The van der Waals surface area contributed by atoms with Crippen molar-refractivity contribution in [3.05, 3.63) is 89.7 Å². The molecule has 0 spiro atoms. The number of hydrogen-bond donors (Lipinski definition) is 0. The number of benzene rings is 3. The normalized spacial score (nSPS) is 13.6. The lowest BCUT2D eigenvalue weighted by atomic mass is 10.1. The topological polar surface area (TPSA) is 102 Å². The third-order valence-corrected chi connectivity index (χ3v) is 7.30. The molecule has 1 heterocycles. The lowest BCUT2D eigenvalue weighted by Crippen LogP contribution is -2.52. The largest absolute Gasteiger partial charge is 0.367 e. The molecule has 0 aliphatic carbocycles. The van der Waals surface area contributed by atoms with E-state index in [0.717, 1.165) is 12.3 Å². The molecular weight excluding hydrogens is 495 g/mol. The highest BCUT2D eigenvalue weighted by Gasteiger charge is 2.29. The predicted molar refractivity (Wildman–Crippen MR) is 138 cm³/mol. The van der Waals surface area contributed by atoms with Gasteiger partial charge in [0, 0.05) is 38.1 Å².